The van der Waals surface area contributed by atoms with Gasteiger partial charge in [-0.05, 0) is 52.0 Å². The topological polar surface area (TPSA) is 218 Å². The van der Waals surface area contributed by atoms with Crippen molar-refractivity contribution < 1.29 is 43.2 Å². The summed E-state index contributed by atoms with van der Waals surface area (Å²) in [5, 5.41) is 18.4. The Bertz CT molecular complexity index is 1430. The number of halogens is 1. The highest BCUT2D eigenvalue weighted by atomic mass is 79.9. The molecular formula is C25H32BrN6O9P. The molecule has 15 nitrogen and oxygen atoms in total. The van der Waals surface area contributed by atoms with Gasteiger partial charge in [0.2, 0.25) is 0 Å². The van der Waals surface area contributed by atoms with Crippen molar-refractivity contribution in [3.05, 3.63) is 53.5 Å². The van der Waals surface area contributed by atoms with Gasteiger partial charge in [-0.1, -0.05) is 15.9 Å². The van der Waals surface area contributed by atoms with Gasteiger partial charge in [-0.2, -0.15) is 0 Å². The van der Waals surface area contributed by atoms with Crippen LogP contribution in [0.25, 0.3) is 11.2 Å². The van der Waals surface area contributed by atoms with Crippen molar-refractivity contribution in [2.24, 2.45) is 0 Å². The van der Waals surface area contributed by atoms with Gasteiger partial charge in [-0.25, -0.2) is 29.6 Å². The number of carbonyl (C=O) groups is 3. The van der Waals surface area contributed by atoms with Crippen LogP contribution in [0.5, 0.6) is 5.75 Å². The summed E-state index contributed by atoms with van der Waals surface area (Å²) in [5.41, 5.74) is 6.91. The summed E-state index contributed by atoms with van der Waals surface area (Å²) < 4.78 is 33.2. The molecule has 0 unspecified atom stereocenters. The van der Waals surface area contributed by atoms with E-state index in [9.17, 15) is 18.9 Å². The van der Waals surface area contributed by atoms with Crippen LogP contribution in [0.15, 0.2) is 53.5 Å². The average molecular weight is 671 g/mol. The molecular weight excluding hydrogens is 639 g/mol. The predicted octanol–water partition coefficient (Wildman–Crippen LogP) is 3.45. The number of nitrogens with one attached hydrogen (secondary N) is 1. The number of benzene rings is 1. The molecule has 17 heteroatoms. The van der Waals surface area contributed by atoms with E-state index in [-0.39, 0.29) is 18.3 Å². The van der Waals surface area contributed by atoms with Gasteiger partial charge >= 0.3 is 25.4 Å². The van der Waals surface area contributed by atoms with Gasteiger partial charge in [-0.15, -0.1) is 0 Å². The van der Waals surface area contributed by atoms with Crippen LogP contribution in [0.3, 0.4) is 0 Å². The first-order valence-corrected chi connectivity index (χ1v) is 15.0. The number of esters is 1. The van der Waals surface area contributed by atoms with Crippen molar-refractivity contribution in [3.63, 3.8) is 0 Å². The van der Waals surface area contributed by atoms with Gasteiger partial charge in [0.1, 0.15) is 30.0 Å². The van der Waals surface area contributed by atoms with Gasteiger partial charge in [0, 0.05) is 16.6 Å². The van der Waals surface area contributed by atoms with Crippen LogP contribution in [0.1, 0.15) is 27.7 Å². The van der Waals surface area contributed by atoms with Crippen molar-refractivity contribution in [2.45, 2.75) is 52.5 Å². The second kappa shape index (κ2) is 16.0. The number of imidazole rings is 1. The largest absolute Gasteiger partial charge is 0.478 e. The molecule has 0 radical (unpaired) electrons. The molecule has 5 N–H and O–H groups in total. The molecule has 0 spiro atoms. The number of anilines is 1. The molecule has 0 aliphatic rings. The maximum atomic E-state index is 13.7. The third kappa shape index (κ3) is 11.6. The summed E-state index contributed by atoms with van der Waals surface area (Å²) >= 11 is 3.36. The zero-order valence-electron chi connectivity index (χ0n) is 23.2. The van der Waals surface area contributed by atoms with Crippen molar-refractivity contribution in [3.8, 4) is 5.75 Å². The Kier molecular flexibility index (Phi) is 13.1. The molecule has 0 saturated carbocycles. The molecule has 3 rings (SSSR count). The maximum absolute atomic E-state index is 13.7. The van der Waals surface area contributed by atoms with Crippen molar-refractivity contribution in [1.29, 1.82) is 0 Å². The molecule has 3 atom stereocenters. The standard InChI is InChI=1S/C21H28BrN6O5P.C4H4O4/c1-13(2)32-21(29)15(4)27-34(30,33-17-7-5-16(22)6-8-17)12-31-14(3)9-28-11-26-18-19(23)24-10-25-20(18)28;5-3(6)1-2-4(7)8/h5-8,10-11,13-15H,9,12H2,1-4H3,(H,27,30)(H2,23,24,25);1-2H,(H,5,6)(H,7,8)/b;2-1+/t14-,15+,34+;/m1./s1. The van der Waals surface area contributed by atoms with Crippen LogP contribution in [0, 0.1) is 0 Å². The third-order valence-electron chi connectivity index (χ3n) is 4.94. The first kappa shape index (κ1) is 34.4. The predicted molar refractivity (Wildman–Crippen MR) is 156 cm³/mol. The van der Waals surface area contributed by atoms with Crippen LogP contribution in [0.2, 0.25) is 0 Å². The van der Waals surface area contributed by atoms with E-state index in [4.69, 9.17) is 29.9 Å². The molecule has 42 heavy (non-hydrogen) atoms. The van der Waals surface area contributed by atoms with Crippen LogP contribution in [-0.2, 0) is 35.0 Å². The molecule has 3 aromatic rings. The summed E-state index contributed by atoms with van der Waals surface area (Å²) in [5.74, 6) is -2.40. The Morgan fingerprint density at radius 3 is 2.26 bits per heavy atom. The zero-order chi connectivity index (χ0) is 31.4. The zero-order valence-corrected chi connectivity index (χ0v) is 25.7. The number of carboxylic acids is 2. The van der Waals surface area contributed by atoms with E-state index < -0.39 is 37.6 Å². The minimum absolute atomic E-state index is 0.284. The van der Waals surface area contributed by atoms with Crippen molar-refractivity contribution in [2.75, 3.05) is 12.1 Å². The molecule has 228 valence electrons. The van der Waals surface area contributed by atoms with E-state index >= 15 is 0 Å². The van der Waals surface area contributed by atoms with Crippen molar-refractivity contribution in [1.82, 2.24) is 24.6 Å². The minimum atomic E-state index is -3.67. The van der Waals surface area contributed by atoms with Crippen LogP contribution in [-0.4, -0.2) is 72.2 Å². The Morgan fingerprint density at radius 1 is 1.07 bits per heavy atom. The molecule has 0 fully saturated rings. The summed E-state index contributed by atoms with van der Waals surface area (Å²) in [7, 11) is -3.67. The van der Waals surface area contributed by atoms with Crippen molar-refractivity contribution >= 4 is 58.3 Å². The van der Waals surface area contributed by atoms with E-state index in [1.165, 1.54) is 6.33 Å². The third-order valence-corrected chi connectivity index (χ3v) is 7.25. The first-order valence-electron chi connectivity index (χ1n) is 12.4. The minimum Gasteiger partial charge on any atom is -0.478 e. The fourth-order valence-corrected chi connectivity index (χ4v) is 5.22. The highest BCUT2D eigenvalue weighted by Crippen LogP contribution is 2.44. The molecule has 0 aliphatic carbocycles. The monoisotopic (exact) mass is 670 g/mol. The Labute approximate surface area is 249 Å². The number of nitrogen functional groups attached to an aromatic ring is 1. The number of hydrogen-bond donors (Lipinski definition) is 4. The lowest BCUT2D eigenvalue weighted by Crippen LogP contribution is -2.37. The smallest absolute Gasteiger partial charge is 0.342 e. The number of aromatic nitrogens is 4. The Balaban J connectivity index is 0.000000675. The van der Waals surface area contributed by atoms with E-state index in [2.05, 4.69) is 36.0 Å². The first-order chi connectivity index (χ1) is 19.7. The fourth-order valence-electron chi connectivity index (χ4n) is 3.17. The number of carboxylic acid groups (broad SMARTS) is 2. The number of hydrogen-bond acceptors (Lipinski definition) is 11. The van der Waals surface area contributed by atoms with Gasteiger partial charge in [0.15, 0.2) is 11.5 Å². The van der Waals surface area contributed by atoms with Gasteiger partial charge in [0.05, 0.1) is 25.1 Å². The summed E-state index contributed by atoms with van der Waals surface area (Å²) in [4.78, 5) is 43.8. The lowest BCUT2D eigenvalue weighted by Gasteiger charge is -2.25. The van der Waals surface area contributed by atoms with Crippen LogP contribution in [0.4, 0.5) is 5.82 Å². The van der Waals surface area contributed by atoms with Crippen LogP contribution < -0.4 is 15.3 Å². The van der Waals surface area contributed by atoms with E-state index in [0.29, 0.717) is 35.6 Å². The number of nitrogens with two attached hydrogens (primary N) is 1. The highest BCUT2D eigenvalue weighted by molar-refractivity contribution is 9.10. The number of carbonyl (C=O) groups excluding carboxylic acids is 1. The number of ether oxygens (including phenoxy) is 2. The number of aliphatic carboxylic acids is 2. The molecule has 0 aliphatic heterocycles. The molecule has 1 aromatic carbocycles. The van der Waals surface area contributed by atoms with Gasteiger partial charge < -0.3 is 34.5 Å². The summed E-state index contributed by atoms with van der Waals surface area (Å²) in [6.45, 7) is 7.23. The highest BCUT2D eigenvalue weighted by Gasteiger charge is 2.32. The second-order valence-electron chi connectivity index (χ2n) is 9.00. The van der Waals surface area contributed by atoms with Gasteiger partial charge in [-0.3, -0.25) is 9.36 Å². The fraction of sp³-hybridized carbons (Fsp3) is 0.360. The molecule has 2 aromatic heterocycles. The normalized spacial score (nSPS) is 14.0. The lowest BCUT2D eigenvalue weighted by molar-refractivity contribution is -0.149. The Morgan fingerprint density at radius 2 is 1.69 bits per heavy atom. The van der Waals surface area contributed by atoms with E-state index in [1.807, 2.05) is 6.92 Å². The SMILES string of the molecule is CC(C)OC(=O)[C@H](C)N[P@](=O)(CO[C@H](C)Cn1cnc2c(N)ncnc21)Oc1ccc(Br)cc1.O=C(O)/C=C/C(=O)O. The summed E-state index contributed by atoms with van der Waals surface area (Å²) in [6.07, 6.45) is 3.09. The Hall–Kier alpha value is -3.85. The quantitative estimate of drug-likeness (QED) is 0.116. The number of nitrogens with zero attached hydrogens (tertiary/aromatic N) is 4. The van der Waals surface area contributed by atoms with E-state index in [0.717, 1.165) is 4.47 Å². The lowest BCUT2D eigenvalue weighted by atomic mass is 10.3. The molecule has 0 saturated heterocycles. The van der Waals surface area contributed by atoms with Crippen LogP contribution >= 0.6 is 23.4 Å². The van der Waals surface area contributed by atoms with E-state index in [1.54, 1.807) is 55.9 Å². The van der Waals surface area contributed by atoms with Gasteiger partial charge in [0.25, 0.3) is 0 Å². The average Bonchev–Trinajstić information content (AvgIpc) is 3.31. The maximum Gasteiger partial charge on any atom is 0.342 e. The molecule has 2 heterocycles. The molecule has 0 bridgehead atoms. The summed E-state index contributed by atoms with van der Waals surface area (Å²) in [6, 6.07) is 5.98. The second-order valence-corrected chi connectivity index (χ2v) is 12.0. The number of fused-ring (bicyclic) bond motifs is 1. The molecule has 0 amide bonds. The number of rotatable bonds is 13.